The Morgan fingerprint density at radius 3 is 2.59 bits per heavy atom. The average Bonchev–Trinajstić information content (AvgIpc) is 3.16. The second-order valence-electron chi connectivity index (χ2n) is 6.71. The van der Waals surface area contributed by atoms with E-state index in [-0.39, 0.29) is 12.6 Å². The third-order valence-electron chi connectivity index (χ3n) is 4.93. The monoisotopic (exact) mass is 406 g/mol. The van der Waals surface area contributed by atoms with Crippen LogP contribution in [0.2, 0.25) is 5.02 Å². The molecule has 1 unspecified atom stereocenters. The summed E-state index contributed by atoms with van der Waals surface area (Å²) in [6, 6.07) is 16.6. The highest BCUT2D eigenvalue weighted by Crippen LogP contribution is 2.23. The van der Waals surface area contributed by atoms with Gasteiger partial charge < -0.3 is 4.57 Å². The van der Waals surface area contributed by atoms with Gasteiger partial charge in [0, 0.05) is 11.6 Å². The van der Waals surface area contributed by atoms with E-state index in [1.54, 1.807) is 35.2 Å². The van der Waals surface area contributed by atoms with Crippen LogP contribution in [0.4, 0.5) is 0 Å². The molecule has 7 heteroatoms. The van der Waals surface area contributed by atoms with Crippen LogP contribution in [-0.4, -0.2) is 18.7 Å². The van der Waals surface area contributed by atoms with Crippen molar-refractivity contribution in [3.05, 3.63) is 105 Å². The Hall–Kier alpha value is -3.38. The molecule has 0 aliphatic heterocycles. The summed E-state index contributed by atoms with van der Waals surface area (Å²) >= 11 is 6.14. The van der Waals surface area contributed by atoms with Crippen molar-refractivity contribution in [2.75, 3.05) is 0 Å². The molecule has 0 saturated carbocycles. The Morgan fingerprint density at radius 1 is 1.14 bits per heavy atom. The molecule has 0 fully saturated rings. The van der Waals surface area contributed by atoms with Crippen molar-refractivity contribution in [1.29, 1.82) is 0 Å². The first-order valence-corrected chi connectivity index (χ1v) is 9.55. The molecular formula is C22H19ClN4O2. The number of imidazole rings is 1. The van der Waals surface area contributed by atoms with Gasteiger partial charge in [0.15, 0.2) is 11.2 Å². The van der Waals surface area contributed by atoms with Gasteiger partial charge in [-0.15, -0.1) is 6.58 Å². The largest absolute Gasteiger partial charge is 0.337 e. The molecule has 29 heavy (non-hydrogen) atoms. The van der Waals surface area contributed by atoms with Crippen LogP contribution < -0.4 is 11.2 Å². The highest BCUT2D eigenvalue weighted by Gasteiger charge is 2.21. The minimum atomic E-state index is -0.484. The summed E-state index contributed by atoms with van der Waals surface area (Å²) in [5, 5.41) is 0.487. The van der Waals surface area contributed by atoms with Gasteiger partial charge in [0.25, 0.3) is 5.56 Å². The van der Waals surface area contributed by atoms with Gasteiger partial charge in [-0.25, -0.2) is 14.3 Å². The van der Waals surface area contributed by atoms with Crippen molar-refractivity contribution in [1.82, 2.24) is 18.7 Å². The standard InChI is InChI=1S/C22H19ClN4O2/c1-3-12-25-21(28)19-20(27(22(25)29)18-11-7-10-17(23)13-18)24-14-26(19)15(2)16-8-5-4-6-9-16/h3-11,13-15H,1,12H2,2H3. The third kappa shape index (κ3) is 3.21. The lowest BCUT2D eigenvalue weighted by atomic mass is 10.1. The minimum Gasteiger partial charge on any atom is -0.317 e. The van der Waals surface area contributed by atoms with Crippen molar-refractivity contribution >= 4 is 22.8 Å². The summed E-state index contributed by atoms with van der Waals surface area (Å²) in [6.45, 7) is 5.76. The molecule has 0 amide bonds. The van der Waals surface area contributed by atoms with Gasteiger partial charge in [-0.1, -0.05) is 54.1 Å². The fraction of sp³-hybridized carbons (Fsp3) is 0.136. The van der Waals surface area contributed by atoms with Crippen molar-refractivity contribution in [2.24, 2.45) is 0 Å². The van der Waals surface area contributed by atoms with Gasteiger partial charge in [-0.05, 0) is 30.7 Å². The Kier molecular flexibility index (Phi) is 4.94. The van der Waals surface area contributed by atoms with Crippen molar-refractivity contribution in [2.45, 2.75) is 19.5 Å². The van der Waals surface area contributed by atoms with Crippen molar-refractivity contribution in [3.63, 3.8) is 0 Å². The number of benzene rings is 2. The number of allylic oxidation sites excluding steroid dienone is 1. The van der Waals surface area contributed by atoms with Crippen LogP contribution in [0.25, 0.3) is 16.9 Å². The zero-order valence-corrected chi connectivity index (χ0v) is 16.6. The molecule has 146 valence electrons. The van der Waals surface area contributed by atoms with Crippen molar-refractivity contribution < 1.29 is 0 Å². The SMILES string of the molecule is C=CCn1c(=O)c2c(ncn2C(C)c2ccccc2)n(-c2cccc(Cl)c2)c1=O. The normalized spacial score (nSPS) is 12.2. The van der Waals surface area contributed by atoms with Crippen LogP contribution in [0.15, 0.2) is 83.2 Å². The first kappa shape index (κ1) is 19.0. The molecule has 0 spiro atoms. The lowest BCUT2D eigenvalue weighted by Crippen LogP contribution is -2.40. The summed E-state index contributed by atoms with van der Waals surface area (Å²) < 4.78 is 4.37. The van der Waals surface area contributed by atoms with Crippen molar-refractivity contribution in [3.8, 4) is 5.69 Å². The second kappa shape index (κ2) is 7.56. The molecule has 0 aliphatic rings. The lowest BCUT2D eigenvalue weighted by Gasteiger charge is -2.16. The Morgan fingerprint density at radius 2 is 1.90 bits per heavy atom. The van der Waals surface area contributed by atoms with Crippen LogP contribution in [0.1, 0.15) is 18.5 Å². The fourth-order valence-corrected chi connectivity index (χ4v) is 3.66. The molecular weight excluding hydrogens is 388 g/mol. The molecule has 2 aromatic heterocycles. The van der Waals surface area contributed by atoms with E-state index < -0.39 is 11.2 Å². The molecule has 0 radical (unpaired) electrons. The first-order valence-electron chi connectivity index (χ1n) is 9.17. The predicted molar refractivity (Wildman–Crippen MR) is 115 cm³/mol. The van der Waals surface area contributed by atoms with Crippen LogP contribution in [-0.2, 0) is 6.54 Å². The highest BCUT2D eigenvalue weighted by atomic mass is 35.5. The molecule has 6 nitrogen and oxygen atoms in total. The molecule has 0 bridgehead atoms. The summed E-state index contributed by atoms with van der Waals surface area (Å²) in [6.07, 6.45) is 3.13. The van der Waals surface area contributed by atoms with Gasteiger partial charge in [0.2, 0.25) is 0 Å². The van der Waals surface area contributed by atoms with E-state index in [4.69, 9.17) is 11.6 Å². The molecule has 4 aromatic rings. The Labute approximate surface area is 171 Å². The molecule has 0 saturated heterocycles. The smallest absolute Gasteiger partial charge is 0.317 e. The summed E-state index contributed by atoms with van der Waals surface area (Å²) in [5.41, 5.74) is 1.34. The fourth-order valence-electron chi connectivity index (χ4n) is 3.47. The maximum Gasteiger partial charge on any atom is 0.337 e. The molecule has 2 heterocycles. The molecule has 2 aromatic carbocycles. The molecule has 0 aliphatic carbocycles. The van der Waals surface area contributed by atoms with E-state index in [0.717, 1.165) is 10.1 Å². The van der Waals surface area contributed by atoms with Gasteiger partial charge in [-0.2, -0.15) is 0 Å². The van der Waals surface area contributed by atoms with E-state index in [1.165, 1.54) is 10.6 Å². The number of fused-ring (bicyclic) bond motifs is 1. The Balaban J connectivity index is 2.07. The second-order valence-corrected chi connectivity index (χ2v) is 7.15. The summed E-state index contributed by atoms with van der Waals surface area (Å²) in [4.78, 5) is 30.8. The molecule has 0 N–H and O–H groups in total. The molecule has 1 atom stereocenters. The maximum absolute atomic E-state index is 13.2. The predicted octanol–water partition coefficient (Wildman–Crippen LogP) is 3.80. The van der Waals surface area contributed by atoms with Gasteiger partial charge in [0.05, 0.1) is 18.1 Å². The van der Waals surface area contributed by atoms with Crippen LogP contribution in [0.3, 0.4) is 0 Å². The quantitative estimate of drug-likeness (QED) is 0.473. The van der Waals surface area contributed by atoms with Crippen LogP contribution in [0, 0.1) is 0 Å². The zero-order chi connectivity index (χ0) is 20.5. The lowest BCUT2D eigenvalue weighted by molar-refractivity contribution is 0.642. The number of aromatic nitrogens is 4. The zero-order valence-electron chi connectivity index (χ0n) is 15.8. The summed E-state index contributed by atoms with van der Waals surface area (Å²) in [7, 11) is 0. The maximum atomic E-state index is 13.2. The molecule has 4 rings (SSSR count). The number of hydrogen-bond donors (Lipinski definition) is 0. The summed E-state index contributed by atoms with van der Waals surface area (Å²) in [5.74, 6) is 0. The average molecular weight is 407 g/mol. The number of nitrogens with zero attached hydrogens (tertiary/aromatic N) is 4. The highest BCUT2D eigenvalue weighted by molar-refractivity contribution is 6.30. The minimum absolute atomic E-state index is 0.0963. The number of hydrogen-bond acceptors (Lipinski definition) is 3. The van der Waals surface area contributed by atoms with E-state index in [1.807, 2.05) is 37.3 Å². The number of rotatable bonds is 5. The van der Waals surface area contributed by atoms with Gasteiger partial charge in [-0.3, -0.25) is 9.36 Å². The van der Waals surface area contributed by atoms with Crippen LogP contribution >= 0.6 is 11.6 Å². The van der Waals surface area contributed by atoms with E-state index in [0.29, 0.717) is 21.9 Å². The van der Waals surface area contributed by atoms with E-state index in [9.17, 15) is 9.59 Å². The van der Waals surface area contributed by atoms with Gasteiger partial charge >= 0.3 is 5.69 Å². The Bertz CT molecular complexity index is 1320. The van der Waals surface area contributed by atoms with Gasteiger partial charge in [0.1, 0.15) is 0 Å². The number of halogens is 1. The van der Waals surface area contributed by atoms with Crippen LogP contribution in [0.5, 0.6) is 0 Å². The first-order chi connectivity index (χ1) is 14.0. The topological polar surface area (TPSA) is 61.8 Å². The van der Waals surface area contributed by atoms with E-state index in [2.05, 4.69) is 11.6 Å². The third-order valence-corrected chi connectivity index (χ3v) is 5.17. The van der Waals surface area contributed by atoms with E-state index >= 15 is 0 Å².